The Hall–Kier alpha value is -3.00. The maximum atomic E-state index is 12.3. The summed E-state index contributed by atoms with van der Waals surface area (Å²) >= 11 is 1.38. The van der Waals surface area contributed by atoms with E-state index in [2.05, 4.69) is 24.6 Å². The number of hydrogen-bond donors (Lipinski definition) is 0. The summed E-state index contributed by atoms with van der Waals surface area (Å²) in [7, 11) is 0. The Balaban J connectivity index is 2.10. The summed E-state index contributed by atoms with van der Waals surface area (Å²) in [6.45, 7) is 6.31. The van der Waals surface area contributed by atoms with Crippen LogP contribution in [-0.2, 0) is 13.0 Å². The van der Waals surface area contributed by atoms with Crippen LogP contribution < -0.4 is 4.80 Å². The number of carbonyl (C=O) groups is 1. The molecule has 0 radical (unpaired) electrons. The average Bonchev–Trinajstić information content (AvgIpc) is 3.20. The molecule has 0 unspecified atom stereocenters. The number of rotatable bonds is 5. The Morgan fingerprint density at radius 2 is 2.24 bits per heavy atom. The summed E-state index contributed by atoms with van der Waals surface area (Å²) in [4.78, 5) is 26.9. The van der Waals surface area contributed by atoms with E-state index in [0.717, 1.165) is 22.7 Å². The number of furan rings is 1. The second-order valence-electron chi connectivity index (χ2n) is 5.25. The van der Waals surface area contributed by atoms with Gasteiger partial charge in [-0.2, -0.15) is 4.99 Å². The van der Waals surface area contributed by atoms with Gasteiger partial charge in [-0.05, 0) is 30.2 Å². The first-order valence-electron chi connectivity index (χ1n) is 7.60. The number of nitro groups is 1. The highest BCUT2D eigenvalue weighted by molar-refractivity contribution is 7.16. The van der Waals surface area contributed by atoms with Crippen LogP contribution in [0.4, 0.5) is 5.88 Å². The van der Waals surface area contributed by atoms with E-state index in [4.69, 9.17) is 4.42 Å². The number of fused-ring (bicyclic) bond motifs is 1. The Morgan fingerprint density at radius 3 is 2.88 bits per heavy atom. The lowest BCUT2D eigenvalue weighted by molar-refractivity contribution is -0.402. The van der Waals surface area contributed by atoms with Crippen molar-refractivity contribution in [3.05, 3.63) is 69.2 Å². The fourth-order valence-electron chi connectivity index (χ4n) is 2.41. The minimum atomic E-state index is -0.694. The largest absolute Gasteiger partial charge is 0.433 e. The van der Waals surface area contributed by atoms with Crippen LogP contribution >= 0.6 is 11.3 Å². The third-order valence-corrected chi connectivity index (χ3v) is 4.69. The third kappa shape index (κ3) is 3.29. The first-order chi connectivity index (χ1) is 12.0. The molecule has 2 heterocycles. The normalized spacial score (nSPS) is 11.8. The minimum absolute atomic E-state index is 0.163. The molecule has 0 aliphatic carbocycles. The van der Waals surface area contributed by atoms with Crippen molar-refractivity contribution in [2.75, 3.05) is 0 Å². The van der Waals surface area contributed by atoms with E-state index in [1.807, 2.05) is 16.7 Å². The van der Waals surface area contributed by atoms with Crippen molar-refractivity contribution in [3.63, 3.8) is 0 Å². The monoisotopic (exact) mass is 357 g/mol. The fourth-order valence-corrected chi connectivity index (χ4v) is 3.51. The molecule has 0 aliphatic rings. The molecule has 0 fully saturated rings. The molecule has 2 aromatic heterocycles. The first-order valence-corrected chi connectivity index (χ1v) is 8.41. The zero-order chi connectivity index (χ0) is 18.0. The highest BCUT2D eigenvalue weighted by atomic mass is 32.1. The molecule has 3 rings (SSSR count). The van der Waals surface area contributed by atoms with Crippen LogP contribution in [0.2, 0.25) is 0 Å². The molecule has 0 spiro atoms. The molecule has 3 aromatic rings. The molecular formula is C17H15N3O4S. The fraction of sp³-hybridized carbons (Fsp3) is 0.176. The number of aryl methyl sites for hydroxylation is 1. The molecule has 0 atom stereocenters. The quantitative estimate of drug-likeness (QED) is 0.395. The topological polar surface area (TPSA) is 90.6 Å². The number of nitrogens with zero attached hydrogens (tertiary/aromatic N) is 3. The Morgan fingerprint density at radius 1 is 1.44 bits per heavy atom. The van der Waals surface area contributed by atoms with Gasteiger partial charge in [-0.1, -0.05) is 30.4 Å². The lowest BCUT2D eigenvalue weighted by atomic mass is 10.2. The zero-order valence-corrected chi connectivity index (χ0v) is 14.3. The number of benzene rings is 1. The van der Waals surface area contributed by atoms with Crippen molar-refractivity contribution < 1.29 is 14.1 Å². The summed E-state index contributed by atoms with van der Waals surface area (Å²) < 4.78 is 7.81. The maximum Gasteiger partial charge on any atom is 0.433 e. The lowest BCUT2D eigenvalue weighted by Gasteiger charge is -2.01. The number of hydrogen-bond acceptors (Lipinski definition) is 5. The van der Waals surface area contributed by atoms with Gasteiger partial charge in [-0.25, -0.2) is 0 Å². The van der Waals surface area contributed by atoms with Crippen molar-refractivity contribution in [1.82, 2.24) is 4.57 Å². The van der Waals surface area contributed by atoms with Gasteiger partial charge in [-0.3, -0.25) is 14.9 Å². The highest BCUT2D eigenvalue weighted by Gasteiger charge is 2.17. The van der Waals surface area contributed by atoms with E-state index in [9.17, 15) is 14.9 Å². The van der Waals surface area contributed by atoms with Crippen molar-refractivity contribution in [3.8, 4) is 0 Å². The first kappa shape index (κ1) is 16.8. The zero-order valence-electron chi connectivity index (χ0n) is 13.5. The molecular weight excluding hydrogens is 342 g/mol. The van der Waals surface area contributed by atoms with Crippen LogP contribution in [0.5, 0.6) is 0 Å². The predicted molar refractivity (Wildman–Crippen MR) is 94.6 cm³/mol. The van der Waals surface area contributed by atoms with E-state index in [1.54, 1.807) is 6.08 Å². The molecule has 1 aromatic carbocycles. The second-order valence-corrected chi connectivity index (χ2v) is 6.26. The molecule has 0 N–H and O–H groups in total. The molecule has 7 nitrogen and oxygen atoms in total. The van der Waals surface area contributed by atoms with Crippen molar-refractivity contribution in [2.24, 2.45) is 4.99 Å². The minimum Gasteiger partial charge on any atom is -0.395 e. The van der Waals surface area contributed by atoms with Gasteiger partial charge in [0.15, 0.2) is 4.80 Å². The summed E-state index contributed by atoms with van der Waals surface area (Å²) in [5.41, 5.74) is 2.15. The summed E-state index contributed by atoms with van der Waals surface area (Å²) in [5.74, 6) is -1.31. The van der Waals surface area contributed by atoms with E-state index in [-0.39, 0.29) is 5.76 Å². The number of carbonyl (C=O) groups excluding carboxylic acids is 1. The van der Waals surface area contributed by atoms with E-state index in [0.29, 0.717) is 11.3 Å². The van der Waals surface area contributed by atoms with Gasteiger partial charge >= 0.3 is 11.8 Å². The van der Waals surface area contributed by atoms with E-state index >= 15 is 0 Å². The average molecular weight is 357 g/mol. The number of allylic oxidation sites excluding steroid dienone is 1. The van der Waals surface area contributed by atoms with Gasteiger partial charge in [0, 0.05) is 6.54 Å². The van der Waals surface area contributed by atoms with Gasteiger partial charge in [-0.15, -0.1) is 6.58 Å². The van der Waals surface area contributed by atoms with Crippen LogP contribution in [0, 0.1) is 10.1 Å². The summed E-state index contributed by atoms with van der Waals surface area (Å²) in [6, 6.07) is 8.50. The smallest absolute Gasteiger partial charge is 0.395 e. The highest BCUT2D eigenvalue weighted by Crippen LogP contribution is 2.20. The number of aromatic nitrogens is 1. The van der Waals surface area contributed by atoms with Crippen molar-refractivity contribution >= 4 is 33.3 Å². The maximum absolute atomic E-state index is 12.3. The predicted octanol–water partition coefficient (Wildman–Crippen LogP) is 3.69. The molecule has 0 saturated carbocycles. The Bertz CT molecular complexity index is 1040. The number of thiazole rings is 1. The van der Waals surface area contributed by atoms with Crippen LogP contribution in [-0.4, -0.2) is 15.4 Å². The second kappa shape index (κ2) is 6.86. The SMILES string of the molecule is C=CCn1c(=NC(=O)c2ccc([N+](=O)[O-])o2)sc2cc(CC)ccc21. The summed E-state index contributed by atoms with van der Waals surface area (Å²) in [6.07, 6.45) is 2.64. The van der Waals surface area contributed by atoms with Gasteiger partial charge in [0.25, 0.3) is 0 Å². The van der Waals surface area contributed by atoms with Crippen LogP contribution in [0.15, 0.2) is 52.4 Å². The van der Waals surface area contributed by atoms with Gasteiger partial charge in [0.2, 0.25) is 5.76 Å². The van der Waals surface area contributed by atoms with Crippen molar-refractivity contribution in [1.29, 1.82) is 0 Å². The molecule has 0 aliphatic heterocycles. The Kier molecular flexibility index (Phi) is 4.62. The molecule has 0 saturated heterocycles. The molecule has 128 valence electrons. The lowest BCUT2D eigenvalue weighted by Crippen LogP contribution is -2.16. The van der Waals surface area contributed by atoms with Gasteiger partial charge < -0.3 is 8.98 Å². The molecule has 1 amide bonds. The van der Waals surface area contributed by atoms with Crippen LogP contribution in [0.1, 0.15) is 23.0 Å². The molecule has 8 heteroatoms. The summed E-state index contributed by atoms with van der Waals surface area (Å²) in [5, 5.41) is 10.7. The van der Waals surface area contributed by atoms with Crippen LogP contribution in [0.3, 0.4) is 0 Å². The molecule has 25 heavy (non-hydrogen) atoms. The van der Waals surface area contributed by atoms with E-state index < -0.39 is 16.7 Å². The Labute approximate surface area is 146 Å². The van der Waals surface area contributed by atoms with Gasteiger partial charge in [0.1, 0.15) is 4.92 Å². The van der Waals surface area contributed by atoms with Crippen molar-refractivity contribution in [2.45, 2.75) is 19.9 Å². The van der Waals surface area contributed by atoms with Gasteiger partial charge in [0.05, 0.1) is 16.3 Å². The third-order valence-electron chi connectivity index (χ3n) is 3.65. The standard InChI is InChI=1S/C17H15N3O4S/c1-3-9-19-12-6-5-11(4-2)10-14(12)25-17(19)18-16(21)13-7-8-15(24-13)20(22)23/h3,5-8,10H,1,4,9H2,2H3. The number of amides is 1. The van der Waals surface area contributed by atoms with E-state index in [1.165, 1.54) is 23.0 Å². The molecule has 0 bridgehead atoms. The van der Waals surface area contributed by atoms with Crippen LogP contribution in [0.25, 0.3) is 10.2 Å².